The van der Waals surface area contributed by atoms with Crippen LogP contribution in [0.3, 0.4) is 0 Å². The highest BCUT2D eigenvalue weighted by Crippen LogP contribution is 2.33. The SMILES string of the molecule is COc1nc(OC(F)(F)F)cc(C)c1[N+](=O)[O-]. The Bertz CT molecular complexity index is 447. The van der Waals surface area contributed by atoms with Crippen LogP contribution in [-0.4, -0.2) is 23.4 Å². The summed E-state index contributed by atoms with van der Waals surface area (Å²) in [7, 11) is 1.06. The fourth-order valence-electron chi connectivity index (χ4n) is 1.14. The van der Waals surface area contributed by atoms with E-state index in [1.165, 1.54) is 6.92 Å². The van der Waals surface area contributed by atoms with Crippen molar-refractivity contribution in [3.63, 3.8) is 0 Å². The first-order valence-electron chi connectivity index (χ1n) is 4.20. The summed E-state index contributed by atoms with van der Waals surface area (Å²) < 4.78 is 43.9. The molecular formula is C8H7F3N2O4. The molecule has 0 amide bonds. The highest BCUT2D eigenvalue weighted by Gasteiger charge is 2.33. The average Bonchev–Trinajstić information content (AvgIpc) is 2.12. The molecule has 0 spiro atoms. The number of pyridine rings is 1. The van der Waals surface area contributed by atoms with Crippen LogP contribution in [0, 0.1) is 17.0 Å². The van der Waals surface area contributed by atoms with Crippen molar-refractivity contribution in [3.8, 4) is 11.8 Å². The van der Waals surface area contributed by atoms with Gasteiger partial charge in [0.2, 0.25) is 5.88 Å². The maximum atomic E-state index is 11.9. The van der Waals surface area contributed by atoms with E-state index in [1.54, 1.807) is 0 Å². The van der Waals surface area contributed by atoms with Gasteiger partial charge in [-0.05, 0) is 6.92 Å². The fraction of sp³-hybridized carbons (Fsp3) is 0.375. The van der Waals surface area contributed by atoms with Gasteiger partial charge in [0.05, 0.1) is 12.0 Å². The summed E-state index contributed by atoms with van der Waals surface area (Å²) in [4.78, 5) is 13.1. The summed E-state index contributed by atoms with van der Waals surface area (Å²) in [6, 6.07) is 0.814. The van der Waals surface area contributed by atoms with Crippen LogP contribution in [0.25, 0.3) is 0 Å². The van der Waals surface area contributed by atoms with Crippen molar-refractivity contribution in [3.05, 3.63) is 21.7 Å². The fourth-order valence-corrected chi connectivity index (χ4v) is 1.14. The predicted octanol–water partition coefficient (Wildman–Crippen LogP) is 2.21. The van der Waals surface area contributed by atoms with Gasteiger partial charge in [0, 0.05) is 11.6 Å². The molecule has 0 aromatic carbocycles. The number of methoxy groups -OCH3 is 1. The lowest BCUT2D eigenvalue weighted by Gasteiger charge is -2.10. The van der Waals surface area contributed by atoms with E-state index in [9.17, 15) is 23.3 Å². The van der Waals surface area contributed by atoms with Gasteiger partial charge in [-0.15, -0.1) is 13.2 Å². The molecule has 1 heterocycles. The summed E-state index contributed by atoms with van der Waals surface area (Å²) in [5.41, 5.74) is -0.539. The smallest absolute Gasteiger partial charge is 0.476 e. The van der Waals surface area contributed by atoms with Crippen molar-refractivity contribution in [1.29, 1.82) is 0 Å². The molecule has 0 aliphatic heterocycles. The van der Waals surface area contributed by atoms with Crippen LogP contribution in [0.15, 0.2) is 6.07 Å². The van der Waals surface area contributed by atoms with Gasteiger partial charge in [-0.2, -0.15) is 4.98 Å². The van der Waals surface area contributed by atoms with Crippen molar-refractivity contribution in [2.45, 2.75) is 13.3 Å². The van der Waals surface area contributed by atoms with Crippen LogP contribution < -0.4 is 9.47 Å². The van der Waals surface area contributed by atoms with E-state index in [1.807, 2.05) is 0 Å². The zero-order valence-corrected chi connectivity index (χ0v) is 8.74. The lowest BCUT2D eigenvalue weighted by molar-refractivity contribution is -0.386. The number of alkyl halides is 3. The summed E-state index contributed by atoms with van der Waals surface area (Å²) in [6.45, 7) is 1.26. The number of ether oxygens (including phenoxy) is 2. The number of aryl methyl sites for hydroxylation is 1. The van der Waals surface area contributed by atoms with Crippen LogP contribution in [0.2, 0.25) is 0 Å². The monoisotopic (exact) mass is 252 g/mol. The van der Waals surface area contributed by atoms with E-state index >= 15 is 0 Å². The van der Waals surface area contributed by atoms with E-state index in [0.717, 1.165) is 13.2 Å². The van der Waals surface area contributed by atoms with Gasteiger partial charge in [-0.25, -0.2) is 0 Å². The third kappa shape index (κ3) is 3.20. The topological polar surface area (TPSA) is 74.5 Å². The van der Waals surface area contributed by atoms with Gasteiger partial charge in [0.25, 0.3) is 5.88 Å². The second kappa shape index (κ2) is 4.44. The molecular weight excluding hydrogens is 245 g/mol. The number of nitro groups is 1. The van der Waals surface area contributed by atoms with Crippen molar-refractivity contribution >= 4 is 5.69 Å². The maximum Gasteiger partial charge on any atom is 0.574 e. The van der Waals surface area contributed by atoms with Gasteiger partial charge >= 0.3 is 12.0 Å². The van der Waals surface area contributed by atoms with Crippen molar-refractivity contribution in [1.82, 2.24) is 4.98 Å². The zero-order valence-electron chi connectivity index (χ0n) is 8.74. The molecule has 0 atom stereocenters. The van der Waals surface area contributed by atoms with E-state index in [0.29, 0.717) is 0 Å². The molecule has 0 saturated heterocycles. The molecule has 0 aliphatic carbocycles. The Labute approximate surface area is 93.1 Å². The highest BCUT2D eigenvalue weighted by molar-refractivity contribution is 5.50. The molecule has 0 N–H and O–H groups in total. The average molecular weight is 252 g/mol. The second-order valence-electron chi connectivity index (χ2n) is 2.94. The number of rotatable bonds is 3. The quantitative estimate of drug-likeness (QED) is 0.609. The van der Waals surface area contributed by atoms with E-state index < -0.39 is 28.7 Å². The molecule has 0 saturated carbocycles. The molecule has 0 unspecified atom stereocenters. The Morgan fingerprint density at radius 3 is 2.47 bits per heavy atom. The molecule has 1 rings (SSSR count). The molecule has 94 valence electrons. The van der Waals surface area contributed by atoms with Crippen LogP contribution in [0.5, 0.6) is 11.8 Å². The van der Waals surface area contributed by atoms with Gasteiger partial charge in [0.15, 0.2) is 0 Å². The van der Waals surface area contributed by atoms with Crippen molar-refractivity contribution in [2.75, 3.05) is 7.11 Å². The Kier molecular flexibility index (Phi) is 3.39. The maximum absolute atomic E-state index is 11.9. The van der Waals surface area contributed by atoms with E-state index in [2.05, 4.69) is 14.5 Å². The first kappa shape index (κ1) is 13.0. The summed E-state index contributed by atoms with van der Waals surface area (Å²) in [5, 5.41) is 10.6. The third-order valence-electron chi connectivity index (χ3n) is 1.72. The molecule has 0 bridgehead atoms. The number of hydrogen-bond acceptors (Lipinski definition) is 5. The molecule has 0 fully saturated rings. The minimum atomic E-state index is -4.92. The molecule has 6 nitrogen and oxygen atoms in total. The first-order chi connectivity index (χ1) is 7.74. The van der Waals surface area contributed by atoms with Crippen molar-refractivity contribution in [2.24, 2.45) is 0 Å². The summed E-state index contributed by atoms with van der Waals surface area (Å²) in [6.07, 6.45) is -4.92. The lowest BCUT2D eigenvalue weighted by Crippen LogP contribution is -2.18. The zero-order chi connectivity index (χ0) is 13.2. The second-order valence-corrected chi connectivity index (χ2v) is 2.94. The summed E-state index contributed by atoms with van der Waals surface area (Å²) >= 11 is 0. The van der Waals surface area contributed by atoms with Gasteiger partial charge < -0.3 is 9.47 Å². The molecule has 9 heteroatoms. The minimum absolute atomic E-state index is 0.0406. The molecule has 0 radical (unpaired) electrons. The first-order valence-corrected chi connectivity index (χ1v) is 4.20. The Balaban J connectivity index is 3.23. The number of nitrogens with zero attached hydrogens (tertiary/aromatic N) is 2. The molecule has 1 aromatic rings. The standard InChI is InChI=1S/C8H7F3N2O4/c1-4-3-5(17-8(9,10)11)12-7(16-2)6(4)13(14)15/h3H,1-2H3. The highest BCUT2D eigenvalue weighted by atomic mass is 19.4. The van der Waals surface area contributed by atoms with Crippen molar-refractivity contribution < 1.29 is 27.6 Å². The van der Waals surface area contributed by atoms with Gasteiger partial charge in [-0.3, -0.25) is 10.1 Å². The van der Waals surface area contributed by atoms with E-state index in [-0.39, 0.29) is 5.56 Å². The molecule has 0 aliphatic rings. The number of aromatic nitrogens is 1. The Hall–Kier alpha value is -2.06. The normalized spacial score (nSPS) is 11.1. The minimum Gasteiger partial charge on any atom is -0.476 e. The molecule has 17 heavy (non-hydrogen) atoms. The van der Waals surface area contributed by atoms with Crippen LogP contribution in [0.1, 0.15) is 5.56 Å². The van der Waals surface area contributed by atoms with Gasteiger partial charge in [-0.1, -0.05) is 0 Å². The number of halogens is 3. The predicted molar refractivity (Wildman–Crippen MR) is 48.9 cm³/mol. The van der Waals surface area contributed by atoms with Gasteiger partial charge in [0.1, 0.15) is 0 Å². The van der Waals surface area contributed by atoms with Crippen LogP contribution in [-0.2, 0) is 0 Å². The number of hydrogen-bond donors (Lipinski definition) is 0. The molecule has 1 aromatic heterocycles. The Morgan fingerprint density at radius 1 is 1.47 bits per heavy atom. The summed E-state index contributed by atoms with van der Waals surface area (Å²) in [5.74, 6) is -1.34. The van der Waals surface area contributed by atoms with Crippen LogP contribution in [0.4, 0.5) is 18.9 Å². The Morgan fingerprint density at radius 2 is 2.06 bits per heavy atom. The van der Waals surface area contributed by atoms with Crippen LogP contribution >= 0.6 is 0 Å². The van der Waals surface area contributed by atoms with E-state index in [4.69, 9.17) is 0 Å². The largest absolute Gasteiger partial charge is 0.574 e. The lowest BCUT2D eigenvalue weighted by atomic mass is 10.2. The third-order valence-corrected chi connectivity index (χ3v) is 1.72.